The van der Waals surface area contributed by atoms with E-state index in [1.807, 2.05) is 38.1 Å². The number of fused-ring (bicyclic) bond motifs is 1. The smallest absolute Gasteiger partial charge is 0.243 e. The van der Waals surface area contributed by atoms with Gasteiger partial charge in [0.2, 0.25) is 10.0 Å². The molecule has 168 valence electrons. The van der Waals surface area contributed by atoms with Crippen molar-refractivity contribution in [3.05, 3.63) is 94.3 Å². The molecule has 0 amide bonds. The van der Waals surface area contributed by atoms with Crippen molar-refractivity contribution in [2.75, 3.05) is 13.2 Å². The second kappa shape index (κ2) is 9.40. The second-order valence-corrected chi connectivity index (χ2v) is 9.97. The van der Waals surface area contributed by atoms with Crippen LogP contribution < -0.4 is 4.74 Å². The van der Waals surface area contributed by atoms with Crippen LogP contribution in [0.3, 0.4) is 0 Å². The van der Waals surface area contributed by atoms with Crippen molar-refractivity contribution in [1.82, 2.24) is 4.31 Å². The highest BCUT2D eigenvalue weighted by Gasteiger charge is 2.28. The van der Waals surface area contributed by atoms with Crippen LogP contribution in [-0.2, 0) is 34.5 Å². The van der Waals surface area contributed by atoms with Crippen molar-refractivity contribution in [3.8, 4) is 5.75 Å². The zero-order valence-electron chi connectivity index (χ0n) is 18.2. The van der Waals surface area contributed by atoms with Gasteiger partial charge in [0.05, 0.1) is 18.1 Å². The number of nitrogens with zero attached hydrogens (tertiary/aromatic N) is 1. The van der Waals surface area contributed by atoms with Crippen LogP contribution >= 0.6 is 0 Å². The highest BCUT2D eigenvalue weighted by Crippen LogP contribution is 2.28. The van der Waals surface area contributed by atoms with E-state index in [9.17, 15) is 12.8 Å². The minimum Gasteiger partial charge on any atom is -0.492 e. The maximum Gasteiger partial charge on any atom is 0.243 e. The van der Waals surface area contributed by atoms with E-state index in [1.165, 1.54) is 10.4 Å². The molecule has 3 aromatic rings. The van der Waals surface area contributed by atoms with Gasteiger partial charge in [-0.1, -0.05) is 30.3 Å². The van der Waals surface area contributed by atoms with Crippen molar-refractivity contribution in [3.63, 3.8) is 0 Å². The Labute approximate surface area is 188 Å². The van der Waals surface area contributed by atoms with Gasteiger partial charge >= 0.3 is 0 Å². The standard InChI is InChI=1S/C25H26FNO4S/c1-18-11-19(2)13-23(12-18)32(28,29)27-9-10-31-25-8-7-20(14-22(25)15-27)16-30-17-21-5-3-4-6-24(21)26/h3-8,11-14H,9-10,15-17H2,1-2H3. The van der Waals surface area contributed by atoms with Crippen molar-refractivity contribution in [1.29, 1.82) is 0 Å². The molecule has 0 saturated carbocycles. The third kappa shape index (κ3) is 5.01. The summed E-state index contributed by atoms with van der Waals surface area (Å²) in [7, 11) is -3.66. The Hall–Kier alpha value is -2.74. The predicted molar refractivity (Wildman–Crippen MR) is 120 cm³/mol. The molecule has 1 aliphatic heterocycles. The lowest BCUT2D eigenvalue weighted by Crippen LogP contribution is -2.32. The maximum atomic E-state index is 13.8. The van der Waals surface area contributed by atoms with Crippen molar-refractivity contribution in [2.24, 2.45) is 0 Å². The summed E-state index contributed by atoms with van der Waals surface area (Å²) in [4.78, 5) is 0.294. The molecule has 0 fully saturated rings. The first kappa shape index (κ1) is 22.5. The number of halogens is 1. The van der Waals surface area contributed by atoms with Crippen molar-refractivity contribution >= 4 is 10.0 Å². The molecule has 0 N–H and O–H groups in total. The fraction of sp³-hybridized carbons (Fsp3) is 0.280. The Morgan fingerprint density at radius 3 is 2.50 bits per heavy atom. The summed E-state index contributed by atoms with van der Waals surface area (Å²) in [5, 5.41) is 0. The third-order valence-corrected chi connectivity index (χ3v) is 7.21. The number of ether oxygens (including phenoxy) is 2. The van der Waals surface area contributed by atoms with E-state index in [4.69, 9.17) is 9.47 Å². The highest BCUT2D eigenvalue weighted by molar-refractivity contribution is 7.89. The van der Waals surface area contributed by atoms with Gasteiger partial charge in [0.15, 0.2) is 0 Å². The Morgan fingerprint density at radius 1 is 1.00 bits per heavy atom. The summed E-state index contributed by atoms with van der Waals surface area (Å²) < 4.78 is 53.3. The van der Waals surface area contributed by atoms with E-state index in [2.05, 4.69) is 0 Å². The van der Waals surface area contributed by atoms with Gasteiger partial charge < -0.3 is 9.47 Å². The summed E-state index contributed by atoms with van der Waals surface area (Å²) >= 11 is 0. The molecule has 4 rings (SSSR count). The van der Waals surface area contributed by atoms with E-state index in [-0.39, 0.29) is 38.7 Å². The first-order chi connectivity index (χ1) is 15.3. The minimum atomic E-state index is -3.66. The lowest BCUT2D eigenvalue weighted by atomic mass is 10.1. The van der Waals surface area contributed by atoms with Crippen LogP contribution in [0.15, 0.2) is 65.6 Å². The molecule has 0 unspecified atom stereocenters. The number of benzene rings is 3. The quantitative estimate of drug-likeness (QED) is 0.539. The molecule has 0 aromatic heterocycles. The molecular weight excluding hydrogens is 429 g/mol. The van der Waals surface area contributed by atoms with Crippen LogP contribution in [0.1, 0.15) is 27.8 Å². The first-order valence-electron chi connectivity index (χ1n) is 10.5. The first-order valence-corrected chi connectivity index (χ1v) is 11.9. The van der Waals surface area contributed by atoms with E-state index in [1.54, 1.807) is 30.3 Å². The van der Waals surface area contributed by atoms with Crippen LogP contribution in [0.5, 0.6) is 5.75 Å². The average Bonchev–Trinajstić information content (AvgIpc) is 2.97. The zero-order valence-corrected chi connectivity index (χ0v) is 19.0. The molecule has 5 nitrogen and oxygen atoms in total. The van der Waals surface area contributed by atoms with Crippen LogP contribution in [0.4, 0.5) is 4.39 Å². The van der Waals surface area contributed by atoms with E-state index >= 15 is 0 Å². The Balaban J connectivity index is 1.51. The molecule has 0 saturated heterocycles. The Kier molecular flexibility index (Phi) is 6.60. The molecule has 0 spiro atoms. The van der Waals surface area contributed by atoms with Gasteiger partial charge in [-0.25, -0.2) is 12.8 Å². The monoisotopic (exact) mass is 455 g/mol. The van der Waals surface area contributed by atoms with E-state index in [0.29, 0.717) is 16.2 Å². The van der Waals surface area contributed by atoms with Gasteiger partial charge in [-0.2, -0.15) is 4.31 Å². The number of aryl methyl sites for hydroxylation is 2. The zero-order chi connectivity index (χ0) is 22.7. The summed E-state index contributed by atoms with van der Waals surface area (Å²) in [5.74, 6) is 0.371. The largest absolute Gasteiger partial charge is 0.492 e. The fourth-order valence-corrected chi connectivity index (χ4v) is 5.44. The summed E-state index contributed by atoms with van der Waals surface area (Å²) in [5.41, 5.74) is 3.96. The normalized spacial score (nSPS) is 14.5. The van der Waals surface area contributed by atoms with Gasteiger partial charge in [-0.3, -0.25) is 0 Å². The van der Waals surface area contributed by atoms with Gasteiger partial charge in [0.1, 0.15) is 18.2 Å². The molecule has 3 aromatic carbocycles. The minimum absolute atomic E-state index is 0.160. The molecule has 0 radical (unpaired) electrons. The number of sulfonamides is 1. The Morgan fingerprint density at radius 2 is 1.75 bits per heavy atom. The lowest BCUT2D eigenvalue weighted by Gasteiger charge is -2.20. The van der Waals surface area contributed by atoms with E-state index < -0.39 is 10.0 Å². The fourth-order valence-electron chi connectivity index (χ4n) is 3.84. The maximum absolute atomic E-state index is 13.8. The van der Waals surface area contributed by atoms with E-state index in [0.717, 1.165) is 22.3 Å². The van der Waals surface area contributed by atoms with Crippen LogP contribution in [-0.4, -0.2) is 25.9 Å². The molecular formula is C25H26FNO4S. The summed E-state index contributed by atoms with van der Waals surface area (Å²) in [6.45, 7) is 4.98. The molecule has 0 aliphatic carbocycles. The molecule has 7 heteroatoms. The molecule has 32 heavy (non-hydrogen) atoms. The summed E-state index contributed by atoms with van der Waals surface area (Å²) in [6, 6.07) is 17.5. The SMILES string of the molecule is Cc1cc(C)cc(S(=O)(=O)N2CCOc3ccc(COCc4ccccc4F)cc3C2)c1. The van der Waals surface area contributed by atoms with Crippen molar-refractivity contribution < 1.29 is 22.3 Å². The highest BCUT2D eigenvalue weighted by atomic mass is 32.2. The number of rotatable bonds is 6. The second-order valence-electron chi connectivity index (χ2n) is 8.04. The van der Waals surface area contributed by atoms with Gasteiger partial charge in [-0.05, 0) is 60.9 Å². The molecule has 1 aliphatic rings. The van der Waals surface area contributed by atoms with Crippen LogP contribution in [0.2, 0.25) is 0 Å². The van der Waals surface area contributed by atoms with Gasteiger partial charge in [-0.15, -0.1) is 0 Å². The summed E-state index contributed by atoms with van der Waals surface area (Å²) in [6.07, 6.45) is 0. The molecule has 1 heterocycles. The number of hydrogen-bond acceptors (Lipinski definition) is 4. The van der Waals surface area contributed by atoms with Crippen LogP contribution in [0, 0.1) is 19.7 Å². The number of hydrogen-bond donors (Lipinski definition) is 0. The van der Waals surface area contributed by atoms with Crippen molar-refractivity contribution in [2.45, 2.75) is 38.5 Å². The Bertz CT molecular complexity index is 1210. The molecule has 0 atom stereocenters. The average molecular weight is 456 g/mol. The van der Waals surface area contributed by atoms with Crippen LogP contribution in [0.25, 0.3) is 0 Å². The van der Waals surface area contributed by atoms with Gasteiger partial charge in [0.25, 0.3) is 0 Å². The van der Waals surface area contributed by atoms with Gasteiger partial charge in [0, 0.05) is 24.2 Å². The molecule has 0 bridgehead atoms. The predicted octanol–water partition coefficient (Wildman–Crippen LogP) is 4.74. The topological polar surface area (TPSA) is 55.8 Å². The third-order valence-electron chi connectivity index (χ3n) is 5.39. The lowest BCUT2D eigenvalue weighted by molar-refractivity contribution is 0.105.